The Morgan fingerprint density at radius 1 is 1.22 bits per heavy atom. The van der Waals surface area contributed by atoms with E-state index in [1.165, 1.54) is 12.1 Å². The molecule has 0 heterocycles. The zero-order valence-corrected chi connectivity index (χ0v) is 12.4. The molecule has 0 saturated heterocycles. The molecular weight excluding hydrogens is 300 g/mol. The standard InChI is InChI=1S/C17H15F2N3O/c1-11(15-7-4-13(18)8-16(15)19)21-10-17(23)22-14-5-2-12(9-20)3-6-14/h2-8,11,21H,10H2,1H3,(H,22,23)/t11-/m1/s1. The second kappa shape index (κ2) is 7.47. The Bertz CT molecular complexity index is 738. The van der Waals surface area contributed by atoms with Crippen LogP contribution in [0.15, 0.2) is 42.5 Å². The van der Waals surface area contributed by atoms with Crippen LogP contribution in [0.25, 0.3) is 0 Å². The summed E-state index contributed by atoms with van der Waals surface area (Å²) < 4.78 is 26.5. The fourth-order valence-electron chi connectivity index (χ4n) is 2.04. The monoisotopic (exact) mass is 315 g/mol. The first-order chi connectivity index (χ1) is 11.0. The summed E-state index contributed by atoms with van der Waals surface area (Å²) in [6.07, 6.45) is 0. The number of nitrogens with one attached hydrogen (secondary N) is 2. The van der Waals surface area contributed by atoms with Crippen LogP contribution in [0.4, 0.5) is 14.5 Å². The lowest BCUT2D eigenvalue weighted by molar-refractivity contribution is -0.115. The van der Waals surface area contributed by atoms with Gasteiger partial charge in [-0.25, -0.2) is 8.78 Å². The van der Waals surface area contributed by atoms with Crippen molar-refractivity contribution >= 4 is 11.6 Å². The van der Waals surface area contributed by atoms with E-state index in [1.54, 1.807) is 31.2 Å². The molecule has 1 amide bonds. The van der Waals surface area contributed by atoms with Crippen molar-refractivity contribution in [2.24, 2.45) is 0 Å². The minimum absolute atomic E-state index is 0.0298. The third kappa shape index (κ3) is 4.59. The number of halogens is 2. The molecule has 2 aromatic rings. The molecule has 0 bridgehead atoms. The predicted molar refractivity (Wildman–Crippen MR) is 82.6 cm³/mol. The second-order valence-corrected chi connectivity index (χ2v) is 5.01. The van der Waals surface area contributed by atoms with Crippen molar-refractivity contribution in [2.75, 3.05) is 11.9 Å². The maximum atomic E-state index is 13.6. The van der Waals surface area contributed by atoms with E-state index >= 15 is 0 Å². The number of rotatable bonds is 5. The normalized spacial score (nSPS) is 11.6. The van der Waals surface area contributed by atoms with Crippen molar-refractivity contribution in [2.45, 2.75) is 13.0 Å². The van der Waals surface area contributed by atoms with Gasteiger partial charge in [0.2, 0.25) is 5.91 Å². The third-order valence-corrected chi connectivity index (χ3v) is 3.30. The van der Waals surface area contributed by atoms with Gasteiger partial charge in [-0.2, -0.15) is 5.26 Å². The van der Waals surface area contributed by atoms with Crippen LogP contribution in [-0.2, 0) is 4.79 Å². The van der Waals surface area contributed by atoms with Gasteiger partial charge in [-0.1, -0.05) is 6.07 Å². The van der Waals surface area contributed by atoms with E-state index in [9.17, 15) is 13.6 Å². The van der Waals surface area contributed by atoms with Gasteiger partial charge in [-0.05, 0) is 37.3 Å². The SMILES string of the molecule is C[C@@H](NCC(=O)Nc1ccc(C#N)cc1)c1ccc(F)cc1F. The van der Waals surface area contributed by atoms with E-state index in [0.29, 0.717) is 11.3 Å². The molecule has 0 radical (unpaired) electrons. The molecule has 118 valence electrons. The fourth-order valence-corrected chi connectivity index (χ4v) is 2.04. The topological polar surface area (TPSA) is 64.9 Å². The van der Waals surface area contributed by atoms with Crippen LogP contribution in [0, 0.1) is 23.0 Å². The number of nitrogens with zero attached hydrogens (tertiary/aromatic N) is 1. The minimum atomic E-state index is -0.655. The van der Waals surface area contributed by atoms with Crippen LogP contribution in [0.3, 0.4) is 0 Å². The lowest BCUT2D eigenvalue weighted by Gasteiger charge is -2.15. The zero-order valence-electron chi connectivity index (χ0n) is 12.4. The van der Waals surface area contributed by atoms with Gasteiger partial charge in [-0.15, -0.1) is 0 Å². The van der Waals surface area contributed by atoms with E-state index < -0.39 is 17.7 Å². The predicted octanol–water partition coefficient (Wildman–Crippen LogP) is 3.13. The molecule has 0 aromatic heterocycles. The van der Waals surface area contributed by atoms with Gasteiger partial charge in [0.25, 0.3) is 0 Å². The van der Waals surface area contributed by atoms with Crippen LogP contribution in [0.2, 0.25) is 0 Å². The zero-order chi connectivity index (χ0) is 16.8. The maximum Gasteiger partial charge on any atom is 0.238 e. The molecule has 0 spiro atoms. The quantitative estimate of drug-likeness (QED) is 0.891. The average molecular weight is 315 g/mol. The average Bonchev–Trinajstić information content (AvgIpc) is 2.53. The number of carbonyl (C=O) groups excluding carboxylic acids is 1. The summed E-state index contributed by atoms with van der Waals surface area (Å²) in [5.41, 5.74) is 1.36. The molecule has 0 aliphatic rings. The van der Waals surface area contributed by atoms with Crippen LogP contribution >= 0.6 is 0 Å². The summed E-state index contributed by atoms with van der Waals surface area (Å²) in [5.74, 6) is -1.60. The first kappa shape index (κ1) is 16.6. The summed E-state index contributed by atoms with van der Waals surface area (Å²) in [6, 6.07) is 11.3. The molecule has 6 heteroatoms. The van der Waals surface area contributed by atoms with E-state index in [0.717, 1.165) is 6.07 Å². The number of benzene rings is 2. The first-order valence-corrected chi connectivity index (χ1v) is 6.98. The molecule has 0 unspecified atom stereocenters. The molecule has 0 aliphatic heterocycles. The summed E-state index contributed by atoms with van der Waals surface area (Å²) in [6.45, 7) is 1.66. The summed E-state index contributed by atoms with van der Waals surface area (Å²) in [7, 11) is 0. The lowest BCUT2D eigenvalue weighted by atomic mass is 10.1. The Morgan fingerprint density at radius 2 is 1.91 bits per heavy atom. The molecule has 23 heavy (non-hydrogen) atoms. The first-order valence-electron chi connectivity index (χ1n) is 6.98. The molecular formula is C17H15F2N3O. The van der Waals surface area contributed by atoms with Crippen molar-refractivity contribution in [3.63, 3.8) is 0 Å². The highest BCUT2D eigenvalue weighted by atomic mass is 19.1. The number of anilines is 1. The van der Waals surface area contributed by atoms with E-state index in [-0.39, 0.29) is 18.0 Å². The van der Waals surface area contributed by atoms with Gasteiger partial charge in [0, 0.05) is 23.4 Å². The van der Waals surface area contributed by atoms with Crippen LogP contribution < -0.4 is 10.6 Å². The molecule has 2 rings (SSSR count). The Balaban J connectivity index is 1.89. The Kier molecular flexibility index (Phi) is 5.39. The smallest absolute Gasteiger partial charge is 0.238 e. The van der Waals surface area contributed by atoms with Gasteiger partial charge in [-0.3, -0.25) is 4.79 Å². The van der Waals surface area contributed by atoms with Crippen molar-refractivity contribution in [1.82, 2.24) is 5.32 Å². The van der Waals surface area contributed by atoms with Gasteiger partial charge < -0.3 is 10.6 Å². The summed E-state index contributed by atoms with van der Waals surface area (Å²) in [5, 5.41) is 14.2. The van der Waals surface area contributed by atoms with E-state index in [1.807, 2.05) is 6.07 Å². The van der Waals surface area contributed by atoms with Crippen LogP contribution in [-0.4, -0.2) is 12.5 Å². The third-order valence-electron chi connectivity index (χ3n) is 3.30. The summed E-state index contributed by atoms with van der Waals surface area (Å²) >= 11 is 0. The molecule has 1 atom stereocenters. The van der Waals surface area contributed by atoms with Crippen molar-refractivity contribution < 1.29 is 13.6 Å². The Hall–Kier alpha value is -2.78. The van der Waals surface area contributed by atoms with E-state index in [4.69, 9.17) is 5.26 Å². The molecule has 0 aliphatic carbocycles. The molecule has 0 fully saturated rings. The number of hydrogen-bond donors (Lipinski definition) is 2. The van der Waals surface area contributed by atoms with Gasteiger partial charge in [0.05, 0.1) is 18.2 Å². The molecule has 2 N–H and O–H groups in total. The fraction of sp³-hybridized carbons (Fsp3) is 0.176. The van der Waals surface area contributed by atoms with Crippen molar-refractivity contribution in [3.05, 3.63) is 65.2 Å². The maximum absolute atomic E-state index is 13.6. The molecule has 0 saturated carbocycles. The molecule has 4 nitrogen and oxygen atoms in total. The van der Waals surface area contributed by atoms with Gasteiger partial charge in [0.1, 0.15) is 11.6 Å². The number of hydrogen-bond acceptors (Lipinski definition) is 3. The van der Waals surface area contributed by atoms with Crippen LogP contribution in [0.5, 0.6) is 0 Å². The largest absolute Gasteiger partial charge is 0.325 e. The molecule has 2 aromatic carbocycles. The van der Waals surface area contributed by atoms with Crippen molar-refractivity contribution in [3.8, 4) is 6.07 Å². The van der Waals surface area contributed by atoms with Crippen LogP contribution in [0.1, 0.15) is 24.1 Å². The second-order valence-electron chi connectivity index (χ2n) is 5.01. The van der Waals surface area contributed by atoms with Gasteiger partial charge in [0.15, 0.2) is 0 Å². The lowest BCUT2D eigenvalue weighted by Crippen LogP contribution is -2.30. The number of amides is 1. The van der Waals surface area contributed by atoms with Crippen molar-refractivity contribution in [1.29, 1.82) is 5.26 Å². The van der Waals surface area contributed by atoms with E-state index in [2.05, 4.69) is 10.6 Å². The van der Waals surface area contributed by atoms with Gasteiger partial charge >= 0.3 is 0 Å². The Morgan fingerprint density at radius 3 is 2.52 bits per heavy atom. The highest BCUT2D eigenvalue weighted by Crippen LogP contribution is 2.17. The Labute approximate surface area is 132 Å². The number of carbonyl (C=O) groups is 1. The summed E-state index contributed by atoms with van der Waals surface area (Å²) in [4.78, 5) is 11.8. The number of nitriles is 1. The minimum Gasteiger partial charge on any atom is -0.325 e. The highest BCUT2D eigenvalue weighted by Gasteiger charge is 2.12. The highest BCUT2D eigenvalue weighted by molar-refractivity contribution is 5.92.